The number of aromatic nitrogens is 1. The van der Waals surface area contributed by atoms with Crippen LogP contribution in [0.3, 0.4) is 0 Å². The summed E-state index contributed by atoms with van der Waals surface area (Å²) >= 11 is 8.08. The first-order valence-corrected chi connectivity index (χ1v) is 13.7. The predicted molar refractivity (Wildman–Crippen MR) is 151 cm³/mol. The first-order chi connectivity index (χ1) is 18.8. The number of carbonyl (C=O) groups excluding carboxylic acids is 2. The lowest BCUT2D eigenvalue weighted by Gasteiger charge is -2.24. The highest BCUT2D eigenvalue weighted by molar-refractivity contribution is 7.22. The Morgan fingerprint density at radius 1 is 1.15 bits per heavy atom. The molecule has 2 heterocycles. The SMILES string of the molecule is COC(=O)c1ccc(OC[C@@H]2C[C@H](F)CN2C(=O)Cc2ccc(Nc3nc4ccc(C)cc4s3)c(Cl)c2)cc1. The number of benzene rings is 3. The van der Waals surface area contributed by atoms with Gasteiger partial charge >= 0.3 is 5.97 Å². The number of nitrogens with zero attached hydrogens (tertiary/aromatic N) is 2. The zero-order valence-electron chi connectivity index (χ0n) is 21.4. The Bertz CT molecular complexity index is 1510. The van der Waals surface area contributed by atoms with Crippen molar-refractivity contribution >= 4 is 55.8 Å². The number of anilines is 2. The quantitative estimate of drug-likeness (QED) is 0.250. The van der Waals surface area contributed by atoms with Crippen LogP contribution in [0.2, 0.25) is 5.02 Å². The summed E-state index contributed by atoms with van der Waals surface area (Å²) in [7, 11) is 1.32. The predicted octanol–water partition coefficient (Wildman–Crippen LogP) is 6.35. The van der Waals surface area contributed by atoms with Gasteiger partial charge in [0.25, 0.3) is 0 Å². The van der Waals surface area contributed by atoms with Crippen LogP contribution in [0.25, 0.3) is 10.2 Å². The zero-order valence-corrected chi connectivity index (χ0v) is 23.0. The van der Waals surface area contributed by atoms with Gasteiger partial charge in [-0.1, -0.05) is 35.1 Å². The molecular formula is C29H27ClFN3O4S. The molecule has 1 amide bonds. The van der Waals surface area contributed by atoms with E-state index in [1.165, 1.54) is 17.6 Å². The van der Waals surface area contributed by atoms with Crippen molar-refractivity contribution in [1.29, 1.82) is 0 Å². The molecule has 0 saturated carbocycles. The van der Waals surface area contributed by atoms with Crippen LogP contribution in [0.1, 0.15) is 27.9 Å². The van der Waals surface area contributed by atoms with Gasteiger partial charge in [0.1, 0.15) is 18.5 Å². The Balaban J connectivity index is 1.20. The van der Waals surface area contributed by atoms with Gasteiger partial charge in [0.05, 0.1) is 52.6 Å². The van der Waals surface area contributed by atoms with E-state index in [0.717, 1.165) is 20.9 Å². The van der Waals surface area contributed by atoms with Crippen LogP contribution < -0.4 is 10.1 Å². The van der Waals surface area contributed by atoms with Crippen LogP contribution in [0.4, 0.5) is 15.2 Å². The number of alkyl halides is 1. The van der Waals surface area contributed by atoms with Gasteiger partial charge in [-0.05, 0) is 66.6 Å². The molecule has 0 aliphatic carbocycles. The van der Waals surface area contributed by atoms with Crippen molar-refractivity contribution in [3.63, 3.8) is 0 Å². The molecule has 2 atom stereocenters. The highest BCUT2D eigenvalue weighted by Crippen LogP contribution is 2.32. The number of halogens is 2. The van der Waals surface area contributed by atoms with Gasteiger partial charge in [-0.2, -0.15) is 0 Å². The standard InChI is InChI=1S/C29H27ClFN3O4S/c1-17-3-9-25-26(11-17)39-29(33-25)32-24-10-4-18(12-23(24)30)13-27(35)34-15-20(31)14-21(34)16-38-22-7-5-19(6-8-22)28(36)37-2/h3-12,20-21H,13-16H2,1-2H3,(H,32,33)/t20-,21-/m0/s1. The molecule has 1 aliphatic rings. The molecule has 0 spiro atoms. The fraction of sp³-hybridized carbons (Fsp3) is 0.276. The summed E-state index contributed by atoms with van der Waals surface area (Å²) in [6, 6.07) is 17.6. The van der Waals surface area contributed by atoms with Crippen LogP contribution in [-0.4, -0.2) is 54.2 Å². The number of thiazole rings is 1. The molecule has 7 nitrogen and oxygen atoms in total. The number of hydrogen-bond donors (Lipinski definition) is 1. The number of likely N-dealkylation sites (tertiary alicyclic amines) is 1. The molecule has 1 aromatic heterocycles. The summed E-state index contributed by atoms with van der Waals surface area (Å²) in [6.45, 7) is 2.22. The summed E-state index contributed by atoms with van der Waals surface area (Å²) < 4.78 is 25.9. The molecule has 10 heteroatoms. The molecule has 4 aromatic rings. The maximum atomic E-state index is 14.3. The fourth-order valence-electron chi connectivity index (χ4n) is 4.57. The van der Waals surface area contributed by atoms with Gasteiger partial charge in [-0.3, -0.25) is 4.79 Å². The van der Waals surface area contributed by atoms with Crippen molar-refractivity contribution in [3.05, 3.63) is 82.4 Å². The van der Waals surface area contributed by atoms with E-state index < -0.39 is 18.2 Å². The van der Waals surface area contributed by atoms with Crippen molar-refractivity contribution in [2.24, 2.45) is 0 Å². The van der Waals surface area contributed by atoms with Crippen molar-refractivity contribution in [1.82, 2.24) is 9.88 Å². The maximum Gasteiger partial charge on any atom is 0.337 e. The maximum absolute atomic E-state index is 14.3. The van der Waals surface area contributed by atoms with Crippen molar-refractivity contribution in [2.75, 3.05) is 25.6 Å². The molecule has 0 unspecified atom stereocenters. The van der Waals surface area contributed by atoms with Crippen molar-refractivity contribution in [3.8, 4) is 5.75 Å². The van der Waals surface area contributed by atoms with Crippen molar-refractivity contribution < 1.29 is 23.5 Å². The fourth-order valence-corrected chi connectivity index (χ4v) is 5.79. The largest absolute Gasteiger partial charge is 0.491 e. The second kappa shape index (κ2) is 11.6. The third kappa shape index (κ3) is 6.32. The van der Waals surface area contributed by atoms with Gasteiger partial charge in [-0.15, -0.1) is 0 Å². The van der Waals surface area contributed by atoms with Gasteiger partial charge in [0.2, 0.25) is 5.91 Å². The Hall–Kier alpha value is -3.69. The lowest BCUT2D eigenvalue weighted by molar-refractivity contribution is -0.132. The van der Waals surface area contributed by atoms with Gasteiger partial charge in [-0.25, -0.2) is 14.2 Å². The molecule has 1 N–H and O–H groups in total. The number of methoxy groups -OCH3 is 1. The van der Waals surface area contributed by atoms with E-state index in [-0.39, 0.29) is 31.9 Å². The molecule has 1 saturated heterocycles. The average Bonchev–Trinajstić information content (AvgIpc) is 3.50. The molecule has 5 rings (SSSR count). The van der Waals surface area contributed by atoms with Crippen LogP contribution in [0.15, 0.2) is 60.7 Å². The molecule has 202 valence electrons. The Labute approximate surface area is 234 Å². The van der Waals surface area contributed by atoms with Crippen molar-refractivity contribution in [2.45, 2.75) is 32.0 Å². The molecule has 3 aromatic carbocycles. The smallest absolute Gasteiger partial charge is 0.337 e. The average molecular weight is 568 g/mol. The van der Waals surface area contributed by atoms with E-state index in [2.05, 4.69) is 16.4 Å². The minimum atomic E-state index is -1.11. The number of esters is 1. The molecule has 1 fully saturated rings. The van der Waals surface area contributed by atoms with Gasteiger partial charge < -0.3 is 19.7 Å². The molecule has 0 radical (unpaired) electrons. The number of hydrogen-bond acceptors (Lipinski definition) is 7. The number of carbonyl (C=O) groups is 2. The molecule has 39 heavy (non-hydrogen) atoms. The van der Waals surface area contributed by atoms with E-state index in [1.54, 1.807) is 41.7 Å². The highest BCUT2D eigenvalue weighted by Gasteiger charge is 2.35. The summed E-state index contributed by atoms with van der Waals surface area (Å²) in [5.41, 5.74) is 3.92. The van der Waals surface area contributed by atoms with Gasteiger partial charge in [0.15, 0.2) is 5.13 Å². The monoisotopic (exact) mass is 567 g/mol. The summed E-state index contributed by atoms with van der Waals surface area (Å²) in [5, 5.41) is 4.46. The van der Waals surface area contributed by atoms with E-state index in [4.69, 9.17) is 21.1 Å². The van der Waals surface area contributed by atoms with Crippen LogP contribution in [0.5, 0.6) is 5.75 Å². The first-order valence-electron chi connectivity index (χ1n) is 12.5. The second-order valence-electron chi connectivity index (χ2n) is 9.47. The minimum Gasteiger partial charge on any atom is -0.491 e. The van der Waals surface area contributed by atoms with E-state index in [9.17, 15) is 14.0 Å². The number of ether oxygens (including phenoxy) is 2. The van der Waals surface area contributed by atoms with E-state index in [0.29, 0.717) is 22.0 Å². The zero-order chi connectivity index (χ0) is 27.5. The Kier molecular flexibility index (Phi) is 7.99. The Morgan fingerprint density at radius 3 is 2.69 bits per heavy atom. The van der Waals surface area contributed by atoms with Crippen LogP contribution in [-0.2, 0) is 16.0 Å². The highest BCUT2D eigenvalue weighted by atomic mass is 35.5. The normalized spacial score (nSPS) is 16.9. The van der Waals surface area contributed by atoms with E-state index >= 15 is 0 Å². The van der Waals surface area contributed by atoms with E-state index in [1.807, 2.05) is 31.2 Å². The third-order valence-corrected chi connectivity index (χ3v) is 7.82. The Morgan fingerprint density at radius 2 is 1.95 bits per heavy atom. The van der Waals surface area contributed by atoms with Crippen LogP contribution >= 0.6 is 22.9 Å². The number of fused-ring (bicyclic) bond motifs is 1. The van der Waals surface area contributed by atoms with Crippen LogP contribution in [0, 0.1) is 6.92 Å². The minimum absolute atomic E-state index is 0.0264. The summed E-state index contributed by atoms with van der Waals surface area (Å²) in [4.78, 5) is 30.9. The third-order valence-electron chi connectivity index (χ3n) is 6.58. The summed E-state index contributed by atoms with van der Waals surface area (Å²) in [5.74, 6) is -0.108. The van der Waals surface area contributed by atoms with Gasteiger partial charge in [0, 0.05) is 6.42 Å². The topological polar surface area (TPSA) is 80.8 Å². The number of nitrogens with one attached hydrogen (secondary N) is 1. The number of aryl methyl sites for hydroxylation is 1. The molecular weight excluding hydrogens is 541 g/mol. The lowest BCUT2D eigenvalue weighted by Crippen LogP contribution is -2.40. The second-order valence-corrected chi connectivity index (χ2v) is 10.9. The molecule has 1 aliphatic heterocycles. The number of rotatable bonds is 8. The number of amides is 1. The summed E-state index contributed by atoms with van der Waals surface area (Å²) in [6.07, 6.45) is -0.814. The first kappa shape index (κ1) is 26.9. The molecule has 0 bridgehead atoms. The lowest BCUT2D eigenvalue weighted by atomic mass is 10.1.